The summed E-state index contributed by atoms with van der Waals surface area (Å²) in [7, 11) is 0. The van der Waals surface area contributed by atoms with Crippen molar-refractivity contribution in [2.45, 2.75) is 38.3 Å². The molecule has 0 saturated heterocycles. The molecule has 4 nitrogen and oxygen atoms in total. The van der Waals surface area contributed by atoms with Gasteiger partial charge in [0.1, 0.15) is 5.84 Å². The van der Waals surface area contributed by atoms with Crippen LogP contribution >= 0.6 is 0 Å². The number of hydrogen-bond acceptors (Lipinski definition) is 3. The normalized spacial score (nSPS) is 15.5. The fraction of sp³-hybridized carbons (Fsp3) is 0.533. The summed E-state index contributed by atoms with van der Waals surface area (Å²) in [6.07, 6.45) is 4.71. The Hall–Kier alpha value is -1.39. The van der Waals surface area contributed by atoms with Gasteiger partial charge in [0.2, 0.25) is 0 Å². The SMILES string of the molecule is N=C(N)c1ccc(CN(CCCO)C2CCC2)cc1. The molecule has 0 aliphatic heterocycles. The highest BCUT2D eigenvalue weighted by molar-refractivity contribution is 5.94. The van der Waals surface area contributed by atoms with Crippen LogP contribution in [0.15, 0.2) is 24.3 Å². The molecule has 0 bridgehead atoms. The first kappa shape index (κ1) is 14.0. The van der Waals surface area contributed by atoms with Crippen LogP contribution < -0.4 is 5.73 Å². The molecular weight excluding hydrogens is 238 g/mol. The lowest BCUT2D eigenvalue weighted by Gasteiger charge is -2.37. The monoisotopic (exact) mass is 261 g/mol. The molecular formula is C15H23N3O. The summed E-state index contributed by atoms with van der Waals surface area (Å²) >= 11 is 0. The van der Waals surface area contributed by atoms with E-state index >= 15 is 0 Å². The van der Waals surface area contributed by atoms with E-state index in [2.05, 4.69) is 4.90 Å². The maximum absolute atomic E-state index is 8.99. The molecule has 1 aliphatic carbocycles. The minimum absolute atomic E-state index is 0.114. The molecule has 1 aliphatic rings. The van der Waals surface area contributed by atoms with Crippen LogP contribution in [0.1, 0.15) is 36.8 Å². The zero-order valence-electron chi connectivity index (χ0n) is 11.3. The Morgan fingerprint density at radius 2 is 2.00 bits per heavy atom. The molecule has 19 heavy (non-hydrogen) atoms. The maximum Gasteiger partial charge on any atom is 0.122 e. The van der Waals surface area contributed by atoms with Crippen molar-refractivity contribution in [1.29, 1.82) is 5.41 Å². The second-order valence-electron chi connectivity index (χ2n) is 5.24. The molecule has 1 aromatic carbocycles. The third-order valence-electron chi connectivity index (χ3n) is 3.85. The van der Waals surface area contributed by atoms with E-state index in [1.807, 2.05) is 24.3 Å². The van der Waals surface area contributed by atoms with E-state index < -0.39 is 0 Å². The van der Waals surface area contributed by atoms with E-state index in [9.17, 15) is 0 Å². The minimum atomic E-state index is 0.114. The molecule has 104 valence electrons. The first-order chi connectivity index (χ1) is 9.20. The second kappa shape index (κ2) is 6.68. The Morgan fingerprint density at radius 1 is 1.32 bits per heavy atom. The van der Waals surface area contributed by atoms with Crippen molar-refractivity contribution in [1.82, 2.24) is 4.90 Å². The molecule has 0 radical (unpaired) electrons. The van der Waals surface area contributed by atoms with Crippen molar-refractivity contribution in [3.05, 3.63) is 35.4 Å². The fourth-order valence-electron chi connectivity index (χ4n) is 2.44. The summed E-state index contributed by atoms with van der Waals surface area (Å²) in [5, 5.41) is 16.4. The molecule has 0 unspecified atom stereocenters. The Morgan fingerprint density at radius 3 is 2.47 bits per heavy atom. The van der Waals surface area contributed by atoms with E-state index in [0.717, 1.165) is 25.1 Å². The van der Waals surface area contributed by atoms with Crippen molar-refractivity contribution in [2.75, 3.05) is 13.2 Å². The van der Waals surface area contributed by atoms with Gasteiger partial charge in [-0.1, -0.05) is 30.7 Å². The van der Waals surface area contributed by atoms with E-state index in [1.165, 1.54) is 24.8 Å². The number of nitrogens with zero attached hydrogens (tertiary/aromatic N) is 1. The molecule has 4 heteroatoms. The number of hydrogen-bond donors (Lipinski definition) is 3. The molecule has 4 N–H and O–H groups in total. The lowest BCUT2D eigenvalue weighted by Crippen LogP contribution is -2.40. The third kappa shape index (κ3) is 3.78. The highest BCUT2D eigenvalue weighted by Crippen LogP contribution is 2.26. The van der Waals surface area contributed by atoms with Crippen molar-refractivity contribution >= 4 is 5.84 Å². The van der Waals surface area contributed by atoms with E-state index in [0.29, 0.717) is 6.04 Å². The van der Waals surface area contributed by atoms with Crippen molar-refractivity contribution in [3.8, 4) is 0 Å². The standard InChI is InChI=1S/C15H23N3O/c16-15(17)13-7-5-12(6-8-13)11-18(9-2-10-19)14-3-1-4-14/h5-8,14,19H,1-4,9-11H2,(H3,16,17). The van der Waals surface area contributed by atoms with Gasteiger partial charge in [-0.15, -0.1) is 0 Å². The number of rotatable bonds is 7. The van der Waals surface area contributed by atoms with Crippen LogP contribution in [0, 0.1) is 5.41 Å². The Labute approximate surface area is 114 Å². The molecule has 0 amide bonds. The first-order valence-electron chi connectivity index (χ1n) is 6.99. The van der Waals surface area contributed by atoms with Gasteiger partial charge in [-0.2, -0.15) is 0 Å². The molecule has 0 atom stereocenters. The van der Waals surface area contributed by atoms with Gasteiger partial charge in [-0.25, -0.2) is 0 Å². The Balaban J connectivity index is 1.97. The summed E-state index contributed by atoms with van der Waals surface area (Å²) < 4.78 is 0. The second-order valence-corrected chi connectivity index (χ2v) is 5.24. The number of nitrogen functional groups attached to an aromatic ring is 1. The van der Waals surface area contributed by atoms with Crippen LogP contribution in [-0.2, 0) is 6.54 Å². The van der Waals surface area contributed by atoms with Gasteiger partial charge in [-0.3, -0.25) is 10.3 Å². The fourth-order valence-corrected chi connectivity index (χ4v) is 2.44. The molecule has 0 spiro atoms. The van der Waals surface area contributed by atoms with Gasteiger partial charge in [-0.05, 0) is 24.8 Å². The number of aliphatic hydroxyl groups excluding tert-OH is 1. The molecule has 2 rings (SSSR count). The lowest BCUT2D eigenvalue weighted by molar-refractivity contribution is 0.109. The smallest absolute Gasteiger partial charge is 0.122 e. The number of aliphatic hydroxyl groups is 1. The summed E-state index contributed by atoms with van der Waals surface area (Å²) in [5.41, 5.74) is 7.47. The van der Waals surface area contributed by atoms with E-state index in [4.69, 9.17) is 16.2 Å². The predicted octanol–water partition coefficient (Wildman–Crippen LogP) is 1.71. The van der Waals surface area contributed by atoms with E-state index in [1.54, 1.807) is 0 Å². The highest BCUT2D eigenvalue weighted by atomic mass is 16.3. The lowest BCUT2D eigenvalue weighted by atomic mass is 9.91. The van der Waals surface area contributed by atoms with Crippen LogP contribution in [0.2, 0.25) is 0 Å². The zero-order valence-corrected chi connectivity index (χ0v) is 11.3. The third-order valence-corrected chi connectivity index (χ3v) is 3.85. The van der Waals surface area contributed by atoms with Crippen LogP contribution in [0.4, 0.5) is 0 Å². The zero-order chi connectivity index (χ0) is 13.7. The van der Waals surface area contributed by atoms with Crippen molar-refractivity contribution < 1.29 is 5.11 Å². The van der Waals surface area contributed by atoms with Gasteiger partial charge >= 0.3 is 0 Å². The van der Waals surface area contributed by atoms with Gasteiger partial charge in [0.05, 0.1) is 0 Å². The topological polar surface area (TPSA) is 73.3 Å². The highest BCUT2D eigenvalue weighted by Gasteiger charge is 2.24. The molecule has 0 heterocycles. The average molecular weight is 261 g/mol. The summed E-state index contributed by atoms with van der Waals surface area (Å²) in [4.78, 5) is 2.46. The maximum atomic E-state index is 8.99. The Bertz CT molecular complexity index is 412. The van der Waals surface area contributed by atoms with Gasteiger partial charge in [0.15, 0.2) is 0 Å². The van der Waals surface area contributed by atoms with Crippen LogP contribution in [-0.4, -0.2) is 35.0 Å². The van der Waals surface area contributed by atoms with Gasteiger partial charge < -0.3 is 10.8 Å². The molecule has 1 fully saturated rings. The van der Waals surface area contributed by atoms with Crippen LogP contribution in [0.3, 0.4) is 0 Å². The predicted molar refractivity (Wildman–Crippen MR) is 77.2 cm³/mol. The Kier molecular flexibility index (Phi) is 4.93. The summed E-state index contributed by atoms with van der Waals surface area (Å²) in [6, 6.07) is 8.58. The first-order valence-corrected chi connectivity index (χ1v) is 6.99. The molecule has 1 saturated carbocycles. The van der Waals surface area contributed by atoms with Crippen LogP contribution in [0.5, 0.6) is 0 Å². The largest absolute Gasteiger partial charge is 0.396 e. The quantitative estimate of drug-likeness (QED) is 0.517. The molecule has 1 aromatic rings. The van der Waals surface area contributed by atoms with Crippen molar-refractivity contribution in [2.24, 2.45) is 5.73 Å². The van der Waals surface area contributed by atoms with Gasteiger partial charge in [0.25, 0.3) is 0 Å². The number of nitrogens with two attached hydrogens (primary N) is 1. The molecule has 0 aromatic heterocycles. The summed E-state index contributed by atoms with van der Waals surface area (Å²) in [5.74, 6) is 0.114. The van der Waals surface area contributed by atoms with Crippen LogP contribution in [0.25, 0.3) is 0 Å². The van der Waals surface area contributed by atoms with Crippen molar-refractivity contribution in [3.63, 3.8) is 0 Å². The number of amidine groups is 1. The number of benzene rings is 1. The van der Waals surface area contributed by atoms with Gasteiger partial charge in [0, 0.05) is 31.3 Å². The summed E-state index contributed by atoms with van der Waals surface area (Å²) in [6.45, 7) is 2.13. The minimum Gasteiger partial charge on any atom is -0.396 e. The van der Waals surface area contributed by atoms with E-state index in [-0.39, 0.29) is 12.4 Å². The average Bonchev–Trinajstić information content (AvgIpc) is 2.34. The number of nitrogens with one attached hydrogen (secondary N) is 1.